The molecule has 3 aromatic rings. The lowest BCUT2D eigenvalue weighted by Crippen LogP contribution is -2.01. The summed E-state index contributed by atoms with van der Waals surface area (Å²) in [6, 6.07) is 7.89. The molecule has 0 saturated carbocycles. The summed E-state index contributed by atoms with van der Waals surface area (Å²) in [6.07, 6.45) is 2.27. The van der Waals surface area contributed by atoms with Crippen LogP contribution in [0.25, 0.3) is 16.7 Å². The van der Waals surface area contributed by atoms with Crippen LogP contribution < -0.4 is 0 Å². The first-order valence-corrected chi connectivity index (χ1v) is 6.55. The lowest BCUT2D eigenvalue weighted by atomic mass is 10.1. The van der Waals surface area contributed by atoms with Gasteiger partial charge in [-0.25, -0.2) is 4.39 Å². The number of halogens is 1. The maximum atomic E-state index is 13.2. The molecule has 5 heteroatoms. The van der Waals surface area contributed by atoms with E-state index < -0.39 is 0 Å². The largest absolute Gasteiger partial charge is 0.505 e. The highest BCUT2D eigenvalue weighted by Gasteiger charge is 2.13. The van der Waals surface area contributed by atoms with E-state index in [1.54, 1.807) is 18.2 Å². The zero-order valence-electron chi connectivity index (χ0n) is 11.5. The summed E-state index contributed by atoms with van der Waals surface area (Å²) in [6.45, 7) is 5.61. The number of benzene rings is 2. The van der Waals surface area contributed by atoms with Crippen molar-refractivity contribution >= 4 is 11.0 Å². The van der Waals surface area contributed by atoms with Crippen molar-refractivity contribution in [2.75, 3.05) is 0 Å². The molecule has 21 heavy (non-hydrogen) atoms. The van der Waals surface area contributed by atoms with Gasteiger partial charge in [-0.15, -0.1) is 21.6 Å². The van der Waals surface area contributed by atoms with Gasteiger partial charge in [-0.1, -0.05) is 12.1 Å². The molecule has 0 bridgehead atoms. The van der Waals surface area contributed by atoms with Crippen LogP contribution in [-0.2, 0) is 6.42 Å². The van der Waals surface area contributed by atoms with E-state index in [1.807, 2.05) is 13.0 Å². The molecular formula is C16H14FN3O. The summed E-state index contributed by atoms with van der Waals surface area (Å²) < 4.78 is 13.2. The molecule has 4 nitrogen and oxygen atoms in total. The highest BCUT2D eigenvalue weighted by atomic mass is 19.1. The molecule has 3 rings (SSSR count). The van der Waals surface area contributed by atoms with Gasteiger partial charge in [0.1, 0.15) is 28.3 Å². The Labute approximate surface area is 121 Å². The quantitative estimate of drug-likeness (QED) is 0.750. The zero-order valence-corrected chi connectivity index (χ0v) is 11.5. The number of aryl methyl sites for hydroxylation is 1. The average Bonchev–Trinajstić information content (AvgIpc) is 2.85. The molecule has 0 spiro atoms. The highest BCUT2D eigenvalue weighted by Crippen LogP contribution is 2.28. The summed E-state index contributed by atoms with van der Waals surface area (Å²) >= 11 is 0. The summed E-state index contributed by atoms with van der Waals surface area (Å²) in [7, 11) is 0. The summed E-state index contributed by atoms with van der Waals surface area (Å²) in [5.41, 5.74) is 3.23. The smallest absolute Gasteiger partial charge is 0.146 e. The number of phenolic OH excluding ortho intramolecular Hbond substituents is 1. The molecular weight excluding hydrogens is 269 g/mol. The fraction of sp³-hybridized carbons (Fsp3) is 0.125. The molecule has 1 aromatic heterocycles. The lowest BCUT2D eigenvalue weighted by molar-refractivity contribution is 0.462. The second-order valence-corrected chi connectivity index (χ2v) is 4.91. The van der Waals surface area contributed by atoms with Crippen LogP contribution in [0.15, 0.2) is 43.0 Å². The molecule has 0 radical (unpaired) electrons. The molecule has 0 unspecified atom stereocenters. The van der Waals surface area contributed by atoms with Crippen molar-refractivity contribution in [2.24, 2.45) is 0 Å². The van der Waals surface area contributed by atoms with Crippen LogP contribution >= 0.6 is 0 Å². The van der Waals surface area contributed by atoms with Crippen molar-refractivity contribution < 1.29 is 9.50 Å². The number of hydrogen-bond donors (Lipinski definition) is 1. The van der Waals surface area contributed by atoms with Gasteiger partial charge >= 0.3 is 0 Å². The van der Waals surface area contributed by atoms with Crippen molar-refractivity contribution in [3.63, 3.8) is 0 Å². The van der Waals surface area contributed by atoms with E-state index in [9.17, 15) is 9.50 Å². The van der Waals surface area contributed by atoms with Gasteiger partial charge in [0.05, 0.1) is 0 Å². The number of hydrogen-bond acceptors (Lipinski definition) is 3. The maximum Gasteiger partial charge on any atom is 0.146 e. The molecule has 0 saturated heterocycles. The van der Waals surface area contributed by atoms with Crippen molar-refractivity contribution in [2.45, 2.75) is 13.3 Å². The first-order valence-electron chi connectivity index (χ1n) is 6.55. The summed E-state index contributed by atoms with van der Waals surface area (Å²) in [4.78, 5) is 1.33. The zero-order chi connectivity index (χ0) is 15.0. The predicted molar refractivity (Wildman–Crippen MR) is 79.1 cm³/mol. The average molecular weight is 283 g/mol. The Morgan fingerprint density at radius 2 is 2.00 bits per heavy atom. The molecule has 0 aliphatic carbocycles. The molecule has 1 N–H and O–H groups in total. The molecule has 0 amide bonds. The van der Waals surface area contributed by atoms with Crippen LogP contribution in [0.5, 0.6) is 5.75 Å². The number of aromatic hydroxyl groups is 1. The fourth-order valence-corrected chi connectivity index (χ4v) is 2.29. The number of rotatable bonds is 3. The van der Waals surface area contributed by atoms with E-state index in [2.05, 4.69) is 16.8 Å². The van der Waals surface area contributed by atoms with Crippen LogP contribution in [0, 0.1) is 12.7 Å². The van der Waals surface area contributed by atoms with Crippen LogP contribution in [0.2, 0.25) is 0 Å². The Kier molecular flexibility index (Phi) is 3.17. The molecule has 2 aromatic carbocycles. The number of phenols is 1. The van der Waals surface area contributed by atoms with Crippen LogP contribution in [0.4, 0.5) is 4.39 Å². The minimum Gasteiger partial charge on any atom is -0.505 e. The molecule has 0 aliphatic rings. The monoisotopic (exact) mass is 283 g/mol. The summed E-state index contributed by atoms with van der Waals surface area (Å²) in [5.74, 6) is -0.253. The van der Waals surface area contributed by atoms with Crippen molar-refractivity contribution in [1.82, 2.24) is 15.0 Å². The first kappa shape index (κ1) is 13.3. The van der Waals surface area contributed by atoms with E-state index in [-0.39, 0.29) is 11.6 Å². The van der Waals surface area contributed by atoms with Gasteiger partial charge in [0.15, 0.2) is 0 Å². The van der Waals surface area contributed by atoms with Gasteiger partial charge in [-0.3, -0.25) is 0 Å². The van der Waals surface area contributed by atoms with Crippen LogP contribution in [-0.4, -0.2) is 20.1 Å². The second-order valence-electron chi connectivity index (χ2n) is 4.91. The van der Waals surface area contributed by atoms with E-state index in [4.69, 9.17) is 0 Å². The van der Waals surface area contributed by atoms with Gasteiger partial charge in [0, 0.05) is 11.6 Å². The van der Waals surface area contributed by atoms with E-state index in [1.165, 1.54) is 16.9 Å². The minimum atomic E-state index is -0.365. The van der Waals surface area contributed by atoms with Gasteiger partial charge in [0.25, 0.3) is 0 Å². The number of allylic oxidation sites excluding steroid dienone is 1. The van der Waals surface area contributed by atoms with Gasteiger partial charge in [-0.2, -0.15) is 0 Å². The van der Waals surface area contributed by atoms with Crippen LogP contribution in [0.3, 0.4) is 0 Å². The van der Waals surface area contributed by atoms with E-state index >= 15 is 0 Å². The normalized spacial score (nSPS) is 11.0. The second kappa shape index (κ2) is 5.01. The Bertz CT molecular complexity index is 839. The Morgan fingerprint density at radius 3 is 2.76 bits per heavy atom. The third-order valence-corrected chi connectivity index (χ3v) is 3.24. The maximum absolute atomic E-state index is 13.2. The van der Waals surface area contributed by atoms with Gasteiger partial charge in [-0.05, 0) is 37.1 Å². The van der Waals surface area contributed by atoms with Crippen molar-refractivity contribution in [3.05, 3.63) is 59.9 Å². The SMILES string of the molecule is C=CCc1cc(C)cc(-n2nc3ccc(F)cc3n2)c1O. The summed E-state index contributed by atoms with van der Waals surface area (Å²) in [5, 5.41) is 18.9. The van der Waals surface area contributed by atoms with E-state index in [0.717, 1.165) is 11.1 Å². The number of fused-ring (bicyclic) bond motifs is 1. The predicted octanol–water partition coefficient (Wildman–Crippen LogP) is 3.30. The van der Waals surface area contributed by atoms with Crippen molar-refractivity contribution in [1.29, 1.82) is 0 Å². The topological polar surface area (TPSA) is 50.9 Å². The number of nitrogens with zero attached hydrogens (tertiary/aromatic N) is 3. The van der Waals surface area contributed by atoms with Gasteiger partial charge < -0.3 is 5.11 Å². The Balaban J connectivity index is 2.19. The molecule has 0 fully saturated rings. The third kappa shape index (κ3) is 2.38. The first-order chi connectivity index (χ1) is 10.1. The molecule has 106 valence electrons. The third-order valence-electron chi connectivity index (χ3n) is 3.24. The van der Waals surface area contributed by atoms with E-state index in [0.29, 0.717) is 23.1 Å². The lowest BCUT2D eigenvalue weighted by Gasteiger charge is -2.09. The van der Waals surface area contributed by atoms with Gasteiger partial charge in [0.2, 0.25) is 0 Å². The van der Waals surface area contributed by atoms with Crippen LogP contribution in [0.1, 0.15) is 11.1 Å². The standard InChI is InChI=1S/C16H14FN3O/c1-3-4-11-7-10(2)8-15(16(11)21)20-18-13-6-5-12(17)9-14(13)19-20/h3,5-9,21H,1,4H2,2H3. The van der Waals surface area contributed by atoms with Crippen molar-refractivity contribution in [3.8, 4) is 11.4 Å². The molecule has 0 aliphatic heterocycles. The Morgan fingerprint density at radius 1 is 1.24 bits per heavy atom. The molecule has 0 atom stereocenters. The highest BCUT2D eigenvalue weighted by molar-refractivity contribution is 5.74. The number of aromatic nitrogens is 3. The fourth-order valence-electron chi connectivity index (χ4n) is 2.29. The Hall–Kier alpha value is -2.69. The minimum absolute atomic E-state index is 0.112. The molecule has 1 heterocycles.